The van der Waals surface area contributed by atoms with Gasteiger partial charge in [0.25, 0.3) is 0 Å². The van der Waals surface area contributed by atoms with E-state index in [0.29, 0.717) is 16.3 Å². The lowest BCUT2D eigenvalue weighted by Crippen LogP contribution is -2.32. The lowest BCUT2D eigenvalue weighted by atomic mass is 9.89. The number of hydrogen-bond acceptors (Lipinski definition) is 4. The van der Waals surface area contributed by atoms with Crippen molar-refractivity contribution in [2.75, 3.05) is 7.11 Å². The van der Waals surface area contributed by atoms with E-state index in [1.54, 1.807) is 43.3 Å². The van der Waals surface area contributed by atoms with Crippen molar-refractivity contribution in [2.45, 2.75) is 31.7 Å². The number of alkyl halides is 3. The third-order valence-electron chi connectivity index (χ3n) is 4.47. The van der Waals surface area contributed by atoms with Crippen LogP contribution in [0.15, 0.2) is 55.1 Å². The molecule has 0 bridgehead atoms. The highest BCUT2D eigenvalue weighted by molar-refractivity contribution is 6.30. The van der Waals surface area contributed by atoms with Crippen LogP contribution in [0.1, 0.15) is 18.1 Å². The molecule has 0 saturated heterocycles. The molecule has 154 valence electrons. The van der Waals surface area contributed by atoms with E-state index in [0.717, 1.165) is 0 Å². The fourth-order valence-corrected chi connectivity index (χ4v) is 3.16. The van der Waals surface area contributed by atoms with Crippen LogP contribution in [0.25, 0.3) is 0 Å². The molecule has 29 heavy (non-hydrogen) atoms. The van der Waals surface area contributed by atoms with E-state index in [9.17, 15) is 13.2 Å². The first-order valence-corrected chi connectivity index (χ1v) is 9.07. The Morgan fingerprint density at radius 1 is 1.07 bits per heavy atom. The maximum Gasteiger partial charge on any atom is 0.393 e. The molecule has 0 radical (unpaired) electrons. The van der Waals surface area contributed by atoms with Crippen molar-refractivity contribution in [2.24, 2.45) is 0 Å². The number of aromatic nitrogens is 3. The number of ether oxygens (including phenoxy) is 2. The Morgan fingerprint density at radius 2 is 1.76 bits per heavy atom. The first-order chi connectivity index (χ1) is 13.7. The topological polar surface area (TPSA) is 49.2 Å². The van der Waals surface area contributed by atoms with Gasteiger partial charge in [-0.05, 0) is 54.4 Å². The first-order valence-electron chi connectivity index (χ1n) is 8.70. The van der Waals surface area contributed by atoms with Crippen molar-refractivity contribution >= 4 is 11.6 Å². The molecule has 0 fully saturated rings. The van der Waals surface area contributed by atoms with Crippen LogP contribution in [0.2, 0.25) is 5.02 Å². The molecule has 0 saturated carbocycles. The summed E-state index contributed by atoms with van der Waals surface area (Å²) in [5.74, 6) is 0.756. The molecule has 3 rings (SSSR count). The Labute approximate surface area is 171 Å². The molecule has 0 aliphatic heterocycles. The van der Waals surface area contributed by atoms with Crippen LogP contribution in [-0.4, -0.2) is 28.1 Å². The molecule has 0 spiro atoms. The number of halogens is 4. The van der Waals surface area contributed by atoms with Crippen molar-refractivity contribution in [3.05, 3.63) is 71.3 Å². The van der Waals surface area contributed by atoms with Crippen LogP contribution in [0.5, 0.6) is 11.5 Å². The van der Waals surface area contributed by atoms with Crippen LogP contribution < -0.4 is 4.74 Å². The maximum atomic E-state index is 13.3. The molecule has 0 aliphatic rings. The molecular formula is C20H19ClF3N3O2. The molecule has 1 heterocycles. The van der Waals surface area contributed by atoms with Gasteiger partial charge in [-0.2, -0.15) is 18.3 Å². The Hall–Kier alpha value is -2.58. The van der Waals surface area contributed by atoms with Gasteiger partial charge in [0.2, 0.25) is 0 Å². The monoisotopic (exact) mass is 425 g/mol. The Morgan fingerprint density at radius 3 is 2.34 bits per heavy atom. The van der Waals surface area contributed by atoms with Gasteiger partial charge in [-0.15, -0.1) is 0 Å². The van der Waals surface area contributed by atoms with Gasteiger partial charge in [-0.1, -0.05) is 17.7 Å². The van der Waals surface area contributed by atoms with E-state index < -0.39 is 18.2 Å². The van der Waals surface area contributed by atoms with E-state index in [-0.39, 0.29) is 17.9 Å². The molecule has 9 heteroatoms. The number of nitrogens with zero attached hydrogens (tertiary/aromatic N) is 3. The van der Waals surface area contributed by atoms with Crippen molar-refractivity contribution in [1.29, 1.82) is 0 Å². The van der Waals surface area contributed by atoms with E-state index in [1.165, 1.54) is 30.5 Å². The minimum atomic E-state index is -4.39. The summed E-state index contributed by atoms with van der Waals surface area (Å²) >= 11 is 5.85. The average Bonchev–Trinajstić information content (AvgIpc) is 3.15. The zero-order chi connectivity index (χ0) is 21.1. The summed E-state index contributed by atoms with van der Waals surface area (Å²) in [4.78, 5) is 3.87. The number of hydrogen-bond donors (Lipinski definition) is 0. The van der Waals surface area contributed by atoms with Gasteiger partial charge >= 0.3 is 6.18 Å². The summed E-state index contributed by atoms with van der Waals surface area (Å²) in [6.07, 6.45) is -2.67. The largest absolute Gasteiger partial charge is 0.457 e. The molecule has 0 N–H and O–H groups in total. The van der Waals surface area contributed by atoms with Crippen LogP contribution >= 0.6 is 11.6 Å². The minimum absolute atomic E-state index is 0.0634. The molecule has 2 aromatic carbocycles. The zero-order valence-electron chi connectivity index (χ0n) is 15.8. The maximum absolute atomic E-state index is 13.3. The normalized spacial score (nSPS) is 13.9. The van der Waals surface area contributed by atoms with Crippen molar-refractivity contribution in [3.63, 3.8) is 0 Å². The molecule has 1 aromatic heterocycles. The third kappa shape index (κ3) is 5.48. The van der Waals surface area contributed by atoms with Gasteiger partial charge in [0.1, 0.15) is 29.8 Å². The summed E-state index contributed by atoms with van der Waals surface area (Å²) in [5, 5.41) is 4.56. The minimum Gasteiger partial charge on any atom is -0.457 e. The van der Waals surface area contributed by atoms with Gasteiger partial charge < -0.3 is 9.47 Å². The van der Waals surface area contributed by atoms with Gasteiger partial charge in [0.05, 0.1) is 13.0 Å². The van der Waals surface area contributed by atoms with Gasteiger partial charge in [0.15, 0.2) is 0 Å². The standard InChI is InChI=1S/C20H19ClF3N3O2/c1-19(28-2,11-27-13-25-12-26-27)18-8-7-17(9-14(18)10-20(22,23)24)29-16-5-3-15(21)4-6-16/h3-9,12-13H,10-11H2,1-2H3. The van der Waals surface area contributed by atoms with Gasteiger partial charge in [-0.3, -0.25) is 0 Å². The number of rotatable bonds is 7. The highest BCUT2D eigenvalue weighted by Gasteiger charge is 2.35. The molecule has 0 amide bonds. The van der Waals surface area contributed by atoms with Gasteiger partial charge in [0, 0.05) is 12.1 Å². The Balaban J connectivity index is 1.97. The quantitative estimate of drug-likeness (QED) is 0.509. The van der Waals surface area contributed by atoms with Crippen LogP contribution in [-0.2, 0) is 23.3 Å². The SMILES string of the molecule is COC(C)(Cn1cncn1)c1ccc(Oc2ccc(Cl)cc2)cc1CC(F)(F)F. The van der Waals surface area contributed by atoms with Crippen LogP contribution in [0, 0.1) is 0 Å². The molecule has 5 nitrogen and oxygen atoms in total. The molecule has 3 aromatic rings. The molecular weight excluding hydrogens is 407 g/mol. The third-order valence-corrected chi connectivity index (χ3v) is 4.72. The van der Waals surface area contributed by atoms with Gasteiger partial charge in [-0.25, -0.2) is 9.67 Å². The van der Waals surface area contributed by atoms with E-state index in [2.05, 4.69) is 10.1 Å². The smallest absolute Gasteiger partial charge is 0.393 e. The summed E-state index contributed by atoms with van der Waals surface area (Å²) in [7, 11) is 1.45. The fourth-order valence-electron chi connectivity index (χ4n) is 3.03. The molecule has 1 unspecified atom stereocenters. The predicted octanol–water partition coefficient (Wildman–Crippen LogP) is 5.39. The van der Waals surface area contributed by atoms with E-state index in [4.69, 9.17) is 21.1 Å². The second-order valence-electron chi connectivity index (χ2n) is 6.69. The van der Waals surface area contributed by atoms with Crippen LogP contribution in [0.3, 0.4) is 0 Å². The van der Waals surface area contributed by atoms with E-state index >= 15 is 0 Å². The number of benzene rings is 2. The van der Waals surface area contributed by atoms with Crippen LogP contribution in [0.4, 0.5) is 13.2 Å². The number of methoxy groups -OCH3 is 1. The lowest BCUT2D eigenvalue weighted by molar-refractivity contribution is -0.127. The van der Waals surface area contributed by atoms with Crippen molar-refractivity contribution in [3.8, 4) is 11.5 Å². The Bertz CT molecular complexity index is 947. The van der Waals surface area contributed by atoms with Crippen molar-refractivity contribution in [1.82, 2.24) is 14.8 Å². The highest BCUT2D eigenvalue weighted by atomic mass is 35.5. The average molecular weight is 426 g/mol. The molecule has 1 atom stereocenters. The molecule has 0 aliphatic carbocycles. The Kier molecular flexibility index (Phi) is 6.14. The zero-order valence-corrected chi connectivity index (χ0v) is 16.5. The van der Waals surface area contributed by atoms with E-state index in [1.807, 2.05) is 0 Å². The second kappa shape index (κ2) is 8.42. The summed E-state index contributed by atoms with van der Waals surface area (Å²) in [6.45, 7) is 1.91. The summed E-state index contributed by atoms with van der Waals surface area (Å²) < 4.78 is 52.6. The summed E-state index contributed by atoms with van der Waals surface area (Å²) in [6, 6.07) is 11.2. The van der Waals surface area contributed by atoms with Crippen molar-refractivity contribution < 1.29 is 22.6 Å². The predicted molar refractivity (Wildman–Crippen MR) is 102 cm³/mol. The second-order valence-corrected chi connectivity index (χ2v) is 7.13. The fraction of sp³-hybridized carbons (Fsp3) is 0.300. The first kappa shape index (κ1) is 21.1. The summed E-state index contributed by atoms with van der Waals surface area (Å²) in [5.41, 5.74) is -0.586. The highest BCUT2D eigenvalue weighted by Crippen LogP contribution is 2.36. The lowest BCUT2D eigenvalue weighted by Gasteiger charge is -2.31.